The van der Waals surface area contributed by atoms with Gasteiger partial charge in [-0.05, 0) is 25.0 Å². The van der Waals surface area contributed by atoms with Gasteiger partial charge in [0.1, 0.15) is 5.82 Å². The molecule has 0 bridgehead atoms. The van der Waals surface area contributed by atoms with Gasteiger partial charge in [-0.25, -0.2) is 4.98 Å². The molecule has 1 aliphatic carbocycles. The Morgan fingerprint density at radius 3 is 2.68 bits per heavy atom. The van der Waals surface area contributed by atoms with E-state index in [0.29, 0.717) is 5.82 Å². The number of nitrogens with zero attached hydrogens (tertiary/aromatic N) is 2. The lowest BCUT2D eigenvalue weighted by molar-refractivity contribution is -0.120. The number of carbonyl (C=O) groups is 1. The number of aromatic nitrogens is 1. The standard InChI is InChI=1S/C14H20N4O/c1-14(4-5-14)13(19)17-12-3-2-11(10-16-12)18-8-6-15-7-9-18/h2-3,10,15H,4-9H2,1H3,(H,16,17,19). The maximum absolute atomic E-state index is 11.9. The number of carbonyl (C=O) groups excluding carboxylic acids is 1. The van der Waals surface area contributed by atoms with Crippen molar-refractivity contribution in [1.82, 2.24) is 10.3 Å². The van der Waals surface area contributed by atoms with Crippen LogP contribution in [0.1, 0.15) is 19.8 Å². The molecule has 0 radical (unpaired) electrons. The lowest BCUT2D eigenvalue weighted by Gasteiger charge is -2.29. The van der Waals surface area contributed by atoms with E-state index in [1.54, 1.807) is 0 Å². The van der Waals surface area contributed by atoms with E-state index in [2.05, 4.69) is 20.5 Å². The van der Waals surface area contributed by atoms with Gasteiger partial charge >= 0.3 is 0 Å². The zero-order valence-corrected chi connectivity index (χ0v) is 11.3. The summed E-state index contributed by atoms with van der Waals surface area (Å²) in [5, 5.41) is 6.22. The minimum atomic E-state index is -0.154. The molecule has 2 heterocycles. The molecular weight excluding hydrogens is 240 g/mol. The third-order valence-corrected chi connectivity index (χ3v) is 4.02. The van der Waals surface area contributed by atoms with Crippen LogP contribution in [0.15, 0.2) is 18.3 Å². The Bertz CT molecular complexity index is 461. The van der Waals surface area contributed by atoms with Gasteiger partial charge in [0.05, 0.1) is 11.9 Å². The lowest BCUT2D eigenvalue weighted by atomic mass is 10.1. The van der Waals surface area contributed by atoms with E-state index in [0.717, 1.165) is 44.7 Å². The van der Waals surface area contributed by atoms with Gasteiger partial charge in [0, 0.05) is 31.6 Å². The number of piperazine rings is 1. The average molecular weight is 260 g/mol. The van der Waals surface area contributed by atoms with E-state index in [1.165, 1.54) is 0 Å². The minimum absolute atomic E-state index is 0.0925. The molecule has 1 aromatic rings. The zero-order chi connectivity index (χ0) is 13.3. The predicted octanol–water partition coefficient (Wildman–Crippen LogP) is 1.23. The fourth-order valence-corrected chi connectivity index (χ4v) is 2.25. The molecular formula is C14H20N4O. The van der Waals surface area contributed by atoms with Gasteiger partial charge in [-0.2, -0.15) is 0 Å². The second kappa shape index (κ2) is 4.81. The summed E-state index contributed by atoms with van der Waals surface area (Å²) in [4.78, 5) is 18.6. The number of nitrogens with one attached hydrogen (secondary N) is 2. The van der Waals surface area contributed by atoms with Gasteiger partial charge < -0.3 is 15.5 Å². The fourth-order valence-electron chi connectivity index (χ4n) is 2.25. The normalized spacial score (nSPS) is 21.0. The zero-order valence-electron chi connectivity index (χ0n) is 11.3. The summed E-state index contributed by atoms with van der Waals surface area (Å²) < 4.78 is 0. The van der Waals surface area contributed by atoms with Crippen LogP contribution in [-0.2, 0) is 4.79 Å². The van der Waals surface area contributed by atoms with Gasteiger partial charge in [0.25, 0.3) is 0 Å². The molecule has 1 saturated heterocycles. The van der Waals surface area contributed by atoms with Gasteiger partial charge in [0.2, 0.25) is 5.91 Å². The van der Waals surface area contributed by atoms with Crippen LogP contribution in [0.3, 0.4) is 0 Å². The van der Waals surface area contributed by atoms with Crippen LogP contribution in [-0.4, -0.2) is 37.1 Å². The Kier molecular flexibility index (Phi) is 3.14. The topological polar surface area (TPSA) is 57.3 Å². The Morgan fingerprint density at radius 1 is 1.37 bits per heavy atom. The first-order chi connectivity index (χ1) is 9.17. The summed E-state index contributed by atoms with van der Waals surface area (Å²) in [6.45, 7) is 6.03. The van der Waals surface area contributed by atoms with Crippen molar-refractivity contribution in [2.45, 2.75) is 19.8 Å². The SMILES string of the molecule is CC1(C(=O)Nc2ccc(N3CCNCC3)cn2)CC1. The highest BCUT2D eigenvalue weighted by Crippen LogP contribution is 2.45. The molecule has 0 aromatic carbocycles. The summed E-state index contributed by atoms with van der Waals surface area (Å²) >= 11 is 0. The van der Waals surface area contributed by atoms with Crippen LogP contribution < -0.4 is 15.5 Å². The summed E-state index contributed by atoms with van der Waals surface area (Å²) in [5.41, 5.74) is 0.968. The largest absolute Gasteiger partial charge is 0.368 e. The van der Waals surface area contributed by atoms with Crippen LogP contribution in [0, 0.1) is 5.41 Å². The monoisotopic (exact) mass is 260 g/mol. The van der Waals surface area contributed by atoms with E-state index in [9.17, 15) is 4.79 Å². The van der Waals surface area contributed by atoms with E-state index in [-0.39, 0.29) is 11.3 Å². The molecule has 2 N–H and O–H groups in total. The first kappa shape index (κ1) is 12.4. The molecule has 2 fully saturated rings. The number of amides is 1. The second-order valence-electron chi connectivity index (χ2n) is 5.65. The summed E-state index contributed by atoms with van der Waals surface area (Å²) in [7, 11) is 0. The summed E-state index contributed by atoms with van der Waals surface area (Å²) in [5.74, 6) is 0.743. The van der Waals surface area contributed by atoms with Crippen LogP contribution in [0.4, 0.5) is 11.5 Å². The first-order valence-electron chi connectivity index (χ1n) is 6.91. The fraction of sp³-hybridized carbons (Fsp3) is 0.571. The van der Waals surface area contributed by atoms with Gasteiger partial charge in [-0.1, -0.05) is 6.92 Å². The van der Waals surface area contributed by atoms with Crippen LogP contribution in [0.2, 0.25) is 0 Å². The van der Waals surface area contributed by atoms with E-state index < -0.39 is 0 Å². The molecule has 1 amide bonds. The molecule has 1 aromatic heterocycles. The number of pyridine rings is 1. The van der Waals surface area contributed by atoms with E-state index in [1.807, 2.05) is 25.3 Å². The molecule has 5 nitrogen and oxygen atoms in total. The highest BCUT2D eigenvalue weighted by molar-refractivity contribution is 5.96. The first-order valence-corrected chi connectivity index (χ1v) is 6.91. The van der Waals surface area contributed by atoms with Crippen LogP contribution in [0.5, 0.6) is 0 Å². The van der Waals surface area contributed by atoms with Crippen molar-refractivity contribution in [2.75, 3.05) is 36.4 Å². The van der Waals surface area contributed by atoms with Crippen molar-refractivity contribution in [3.63, 3.8) is 0 Å². The Labute approximate surface area is 113 Å². The molecule has 2 aliphatic rings. The van der Waals surface area contributed by atoms with Gasteiger partial charge in [0.15, 0.2) is 0 Å². The Balaban J connectivity index is 1.63. The molecule has 0 unspecified atom stereocenters. The van der Waals surface area contributed by atoms with Crippen LogP contribution in [0.25, 0.3) is 0 Å². The van der Waals surface area contributed by atoms with Crippen molar-refractivity contribution in [2.24, 2.45) is 5.41 Å². The van der Waals surface area contributed by atoms with Crippen molar-refractivity contribution >= 4 is 17.4 Å². The summed E-state index contributed by atoms with van der Waals surface area (Å²) in [6, 6.07) is 3.92. The van der Waals surface area contributed by atoms with Gasteiger partial charge in [-0.15, -0.1) is 0 Å². The molecule has 0 spiro atoms. The third-order valence-electron chi connectivity index (χ3n) is 4.02. The maximum atomic E-state index is 11.9. The predicted molar refractivity (Wildman–Crippen MR) is 75.3 cm³/mol. The molecule has 1 saturated carbocycles. The minimum Gasteiger partial charge on any atom is -0.368 e. The molecule has 19 heavy (non-hydrogen) atoms. The van der Waals surface area contributed by atoms with Crippen molar-refractivity contribution in [1.29, 1.82) is 0 Å². The molecule has 0 atom stereocenters. The highest BCUT2D eigenvalue weighted by Gasteiger charge is 2.44. The average Bonchev–Trinajstić information content (AvgIpc) is 3.20. The smallest absolute Gasteiger partial charge is 0.231 e. The van der Waals surface area contributed by atoms with E-state index in [4.69, 9.17) is 0 Å². The van der Waals surface area contributed by atoms with Gasteiger partial charge in [-0.3, -0.25) is 4.79 Å². The highest BCUT2D eigenvalue weighted by atomic mass is 16.2. The quantitative estimate of drug-likeness (QED) is 0.858. The van der Waals surface area contributed by atoms with Crippen LogP contribution >= 0.6 is 0 Å². The second-order valence-corrected chi connectivity index (χ2v) is 5.65. The third kappa shape index (κ3) is 2.71. The Morgan fingerprint density at radius 2 is 2.11 bits per heavy atom. The molecule has 3 rings (SSSR count). The molecule has 102 valence electrons. The lowest BCUT2D eigenvalue weighted by Crippen LogP contribution is -2.43. The van der Waals surface area contributed by atoms with Crippen molar-refractivity contribution < 1.29 is 4.79 Å². The number of hydrogen-bond acceptors (Lipinski definition) is 4. The van der Waals surface area contributed by atoms with Crippen molar-refractivity contribution in [3.05, 3.63) is 18.3 Å². The Hall–Kier alpha value is -1.62. The maximum Gasteiger partial charge on any atom is 0.231 e. The van der Waals surface area contributed by atoms with E-state index >= 15 is 0 Å². The molecule has 1 aliphatic heterocycles. The molecule has 5 heteroatoms. The number of rotatable bonds is 3. The number of anilines is 2. The summed E-state index contributed by atoms with van der Waals surface area (Å²) in [6.07, 6.45) is 3.81. The number of hydrogen-bond donors (Lipinski definition) is 2. The van der Waals surface area contributed by atoms with Crippen molar-refractivity contribution in [3.8, 4) is 0 Å².